The van der Waals surface area contributed by atoms with E-state index in [2.05, 4.69) is 4.74 Å². The van der Waals surface area contributed by atoms with Crippen LogP contribution in [0.15, 0.2) is 24.3 Å². The molecule has 0 radical (unpaired) electrons. The van der Waals surface area contributed by atoms with Gasteiger partial charge in [-0.1, -0.05) is 27.7 Å². The highest BCUT2D eigenvalue weighted by Crippen LogP contribution is 2.24. The molecular formula is C14H23F3O2. The maximum Gasteiger partial charge on any atom is 0.573 e. The van der Waals surface area contributed by atoms with Gasteiger partial charge in [-0.2, -0.15) is 0 Å². The third kappa shape index (κ3) is 11.4. The second-order valence-corrected chi connectivity index (χ2v) is 3.19. The Morgan fingerprint density at radius 3 is 1.53 bits per heavy atom. The van der Waals surface area contributed by atoms with E-state index in [0.717, 1.165) is 0 Å². The van der Waals surface area contributed by atoms with Crippen LogP contribution in [-0.4, -0.2) is 12.5 Å². The first-order chi connectivity index (χ1) is 8.87. The molecule has 5 heteroatoms. The van der Waals surface area contributed by atoms with E-state index in [-0.39, 0.29) is 11.9 Å². The van der Waals surface area contributed by atoms with Crippen molar-refractivity contribution in [1.82, 2.24) is 0 Å². The number of ether oxygens (including phenoxy) is 2. The monoisotopic (exact) mass is 280 g/mol. The molecule has 0 aromatic heterocycles. The zero-order valence-corrected chi connectivity index (χ0v) is 12.3. The number of hydrogen-bond donors (Lipinski definition) is 0. The molecule has 0 aliphatic heterocycles. The summed E-state index contributed by atoms with van der Waals surface area (Å²) in [7, 11) is 0. The molecule has 2 nitrogen and oxygen atoms in total. The van der Waals surface area contributed by atoms with Crippen LogP contribution < -0.4 is 9.47 Å². The van der Waals surface area contributed by atoms with Crippen LogP contribution in [0.4, 0.5) is 13.2 Å². The normalized spacial score (nSPS) is 9.79. The van der Waals surface area contributed by atoms with Crippen molar-refractivity contribution in [3.05, 3.63) is 24.3 Å². The molecule has 0 N–H and O–H groups in total. The highest BCUT2D eigenvalue weighted by Gasteiger charge is 2.30. The van der Waals surface area contributed by atoms with Crippen molar-refractivity contribution in [2.75, 3.05) is 0 Å². The smallest absolute Gasteiger partial charge is 0.491 e. The Morgan fingerprint density at radius 1 is 0.842 bits per heavy atom. The Morgan fingerprint density at radius 2 is 1.21 bits per heavy atom. The SMILES string of the molecule is CC.CC.CC(C)Oc1ccc(OC(F)(F)F)cc1. The van der Waals surface area contributed by atoms with Crippen molar-refractivity contribution in [3.8, 4) is 11.5 Å². The van der Waals surface area contributed by atoms with E-state index in [0.29, 0.717) is 5.75 Å². The van der Waals surface area contributed by atoms with Gasteiger partial charge in [0.25, 0.3) is 0 Å². The van der Waals surface area contributed by atoms with Gasteiger partial charge in [0.15, 0.2) is 0 Å². The molecule has 0 atom stereocenters. The van der Waals surface area contributed by atoms with Crippen molar-refractivity contribution < 1.29 is 22.6 Å². The Hall–Kier alpha value is -1.39. The van der Waals surface area contributed by atoms with Crippen LogP contribution in [0.3, 0.4) is 0 Å². The van der Waals surface area contributed by atoms with E-state index in [1.54, 1.807) is 0 Å². The number of halogens is 3. The van der Waals surface area contributed by atoms with Crippen molar-refractivity contribution in [3.63, 3.8) is 0 Å². The number of hydrogen-bond acceptors (Lipinski definition) is 2. The Labute approximate surface area is 113 Å². The minimum absolute atomic E-state index is 0.0145. The fourth-order valence-corrected chi connectivity index (χ4v) is 0.992. The summed E-state index contributed by atoms with van der Waals surface area (Å²) in [6.07, 6.45) is -4.67. The first-order valence-corrected chi connectivity index (χ1v) is 6.39. The minimum atomic E-state index is -4.65. The molecule has 0 fully saturated rings. The van der Waals surface area contributed by atoms with Gasteiger partial charge in [0, 0.05) is 0 Å². The van der Waals surface area contributed by atoms with Crippen LogP contribution in [0.2, 0.25) is 0 Å². The summed E-state index contributed by atoms with van der Waals surface area (Å²) < 4.78 is 44.4. The standard InChI is InChI=1S/C10H11F3O2.2C2H6/c1-7(2)14-8-3-5-9(6-4-8)15-10(11,12)13;2*1-2/h3-7H,1-2H3;2*1-2H3. The van der Waals surface area contributed by atoms with Gasteiger partial charge in [-0.25, -0.2) is 0 Å². The lowest BCUT2D eigenvalue weighted by molar-refractivity contribution is -0.274. The molecule has 0 heterocycles. The van der Waals surface area contributed by atoms with Crippen LogP contribution in [0.1, 0.15) is 41.5 Å². The molecule has 0 aliphatic carbocycles. The Bertz CT molecular complexity index is 305. The second kappa shape index (κ2) is 10.5. The van der Waals surface area contributed by atoms with Crippen LogP contribution in [0.25, 0.3) is 0 Å². The van der Waals surface area contributed by atoms with Gasteiger partial charge in [0.2, 0.25) is 0 Å². The predicted octanol–water partition coefficient (Wildman–Crippen LogP) is 5.42. The molecule has 0 unspecified atom stereocenters. The Balaban J connectivity index is 0. The average Bonchev–Trinajstić information content (AvgIpc) is 2.34. The fourth-order valence-electron chi connectivity index (χ4n) is 0.992. The highest BCUT2D eigenvalue weighted by molar-refractivity contribution is 5.31. The molecule has 1 aromatic rings. The van der Waals surface area contributed by atoms with Gasteiger partial charge in [0.1, 0.15) is 11.5 Å². The largest absolute Gasteiger partial charge is 0.573 e. The van der Waals surface area contributed by atoms with Crippen molar-refractivity contribution in [2.45, 2.75) is 54.0 Å². The van der Waals surface area contributed by atoms with Crippen LogP contribution >= 0.6 is 0 Å². The van der Waals surface area contributed by atoms with Gasteiger partial charge in [0.05, 0.1) is 6.10 Å². The zero-order valence-electron chi connectivity index (χ0n) is 12.3. The number of benzene rings is 1. The third-order valence-corrected chi connectivity index (χ3v) is 1.43. The topological polar surface area (TPSA) is 18.5 Å². The summed E-state index contributed by atoms with van der Waals surface area (Å²) >= 11 is 0. The third-order valence-electron chi connectivity index (χ3n) is 1.43. The van der Waals surface area contributed by atoms with Crippen molar-refractivity contribution in [1.29, 1.82) is 0 Å². The average molecular weight is 280 g/mol. The molecule has 0 bridgehead atoms. The summed E-state index contributed by atoms with van der Waals surface area (Å²) in [6, 6.07) is 5.29. The van der Waals surface area contributed by atoms with Crippen LogP contribution in [0.5, 0.6) is 11.5 Å². The molecule has 1 rings (SSSR count). The summed E-state index contributed by atoms with van der Waals surface area (Å²) in [5.74, 6) is 0.262. The molecule has 0 saturated heterocycles. The molecule has 19 heavy (non-hydrogen) atoms. The lowest BCUT2D eigenvalue weighted by Gasteiger charge is -2.11. The van der Waals surface area contributed by atoms with E-state index in [9.17, 15) is 13.2 Å². The van der Waals surface area contributed by atoms with Gasteiger partial charge < -0.3 is 9.47 Å². The minimum Gasteiger partial charge on any atom is -0.491 e. The predicted molar refractivity (Wildman–Crippen MR) is 71.6 cm³/mol. The Kier molecular flexibility index (Phi) is 11.0. The molecule has 0 saturated carbocycles. The molecular weight excluding hydrogens is 257 g/mol. The second-order valence-electron chi connectivity index (χ2n) is 3.19. The highest BCUT2D eigenvalue weighted by atomic mass is 19.4. The number of alkyl halides is 3. The lowest BCUT2D eigenvalue weighted by atomic mass is 10.3. The molecule has 0 spiro atoms. The lowest BCUT2D eigenvalue weighted by Crippen LogP contribution is -2.17. The molecule has 112 valence electrons. The number of rotatable bonds is 3. The van der Waals surface area contributed by atoms with Gasteiger partial charge >= 0.3 is 6.36 Å². The fraction of sp³-hybridized carbons (Fsp3) is 0.571. The van der Waals surface area contributed by atoms with Crippen molar-refractivity contribution >= 4 is 0 Å². The van der Waals surface area contributed by atoms with E-state index in [1.807, 2.05) is 41.5 Å². The van der Waals surface area contributed by atoms with Crippen LogP contribution in [-0.2, 0) is 0 Å². The van der Waals surface area contributed by atoms with Crippen molar-refractivity contribution in [2.24, 2.45) is 0 Å². The van der Waals surface area contributed by atoms with Gasteiger partial charge in [-0.05, 0) is 38.1 Å². The summed E-state index contributed by atoms with van der Waals surface area (Å²) in [6.45, 7) is 11.7. The van der Waals surface area contributed by atoms with E-state index in [4.69, 9.17) is 4.74 Å². The first-order valence-electron chi connectivity index (χ1n) is 6.39. The molecule has 1 aromatic carbocycles. The zero-order chi connectivity index (χ0) is 15.5. The van der Waals surface area contributed by atoms with E-state index >= 15 is 0 Å². The first kappa shape index (κ1) is 19.9. The van der Waals surface area contributed by atoms with Crippen LogP contribution in [0, 0.1) is 0 Å². The maximum absolute atomic E-state index is 11.8. The summed E-state index contributed by atoms with van der Waals surface area (Å²) in [5.41, 5.74) is 0. The van der Waals surface area contributed by atoms with Gasteiger partial charge in [-0.3, -0.25) is 0 Å². The molecule has 0 aliphatic rings. The summed E-state index contributed by atoms with van der Waals surface area (Å²) in [4.78, 5) is 0. The maximum atomic E-state index is 11.8. The van der Waals surface area contributed by atoms with E-state index < -0.39 is 6.36 Å². The molecule has 0 amide bonds. The quantitative estimate of drug-likeness (QED) is 0.735. The van der Waals surface area contributed by atoms with E-state index in [1.165, 1.54) is 24.3 Å². The van der Waals surface area contributed by atoms with Gasteiger partial charge in [-0.15, -0.1) is 13.2 Å². The summed E-state index contributed by atoms with van der Waals surface area (Å²) in [5, 5.41) is 0.